The minimum absolute atomic E-state index is 0.0545. The topological polar surface area (TPSA) is 94.1 Å². The third-order valence-electron chi connectivity index (χ3n) is 5.57. The SMILES string of the molecule is CC(=O)c1ccc2c(c1)nc(Nc1nc3ccc(OC(F)(F)F)cc3[nH]1)n2C1CCOCC1. The van der Waals surface area contributed by atoms with Crippen molar-refractivity contribution in [2.75, 3.05) is 18.5 Å². The highest BCUT2D eigenvalue weighted by Gasteiger charge is 2.31. The van der Waals surface area contributed by atoms with Crippen molar-refractivity contribution in [2.45, 2.75) is 32.2 Å². The van der Waals surface area contributed by atoms with E-state index in [0.717, 1.165) is 18.4 Å². The van der Waals surface area contributed by atoms with Gasteiger partial charge in [-0.3, -0.25) is 10.1 Å². The molecule has 5 rings (SSSR count). The van der Waals surface area contributed by atoms with Crippen LogP contribution < -0.4 is 10.1 Å². The Labute approximate surface area is 185 Å². The number of aromatic nitrogens is 4. The van der Waals surface area contributed by atoms with Gasteiger partial charge in [-0.05, 0) is 50.1 Å². The molecule has 11 heteroatoms. The Morgan fingerprint density at radius 2 is 1.94 bits per heavy atom. The second-order valence-corrected chi connectivity index (χ2v) is 7.85. The molecule has 0 amide bonds. The van der Waals surface area contributed by atoms with Crippen LogP contribution >= 0.6 is 0 Å². The van der Waals surface area contributed by atoms with E-state index in [0.29, 0.717) is 47.2 Å². The minimum atomic E-state index is -4.78. The molecular weight excluding hydrogens is 439 g/mol. The zero-order valence-electron chi connectivity index (χ0n) is 17.6. The molecule has 0 radical (unpaired) electrons. The van der Waals surface area contributed by atoms with Gasteiger partial charge >= 0.3 is 6.36 Å². The molecule has 0 saturated carbocycles. The summed E-state index contributed by atoms with van der Waals surface area (Å²) in [6, 6.07) is 9.42. The average Bonchev–Trinajstić information content (AvgIpc) is 3.32. The Morgan fingerprint density at radius 3 is 2.67 bits per heavy atom. The van der Waals surface area contributed by atoms with E-state index in [1.54, 1.807) is 12.1 Å². The maximum Gasteiger partial charge on any atom is 0.573 e. The number of rotatable bonds is 5. The van der Waals surface area contributed by atoms with Crippen LogP contribution in [-0.4, -0.2) is 44.9 Å². The number of ketones is 1. The molecule has 0 bridgehead atoms. The molecule has 3 heterocycles. The molecule has 1 fully saturated rings. The van der Waals surface area contributed by atoms with Crippen LogP contribution in [0.1, 0.15) is 36.2 Å². The minimum Gasteiger partial charge on any atom is -0.406 e. The highest BCUT2D eigenvalue weighted by Crippen LogP contribution is 2.33. The Morgan fingerprint density at radius 1 is 1.15 bits per heavy atom. The van der Waals surface area contributed by atoms with Crippen molar-refractivity contribution in [2.24, 2.45) is 0 Å². The van der Waals surface area contributed by atoms with Gasteiger partial charge in [0, 0.05) is 30.9 Å². The smallest absolute Gasteiger partial charge is 0.406 e. The van der Waals surface area contributed by atoms with Gasteiger partial charge in [0.15, 0.2) is 5.78 Å². The van der Waals surface area contributed by atoms with E-state index in [4.69, 9.17) is 4.74 Å². The summed E-state index contributed by atoms with van der Waals surface area (Å²) in [5.41, 5.74) is 2.94. The number of hydrogen-bond acceptors (Lipinski definition) is 6. The summed E-state index contributed by atoms with van der Waals surface area (Å²) in [6.45, 7) is 2.75. The number of imidazole rings is 2. The highest BCUT2D eigenvalue weighted by atomic mass is 19.4. The Kier molecular flexibility index (Phi) is 5.20. The van der Waals surface area contributed by atoms with E-state index in [-0.39, 0.29) is 17.6 Å². The van der Waals surface area contributed by atoms with Crippen molar-refractivity contribution in [3.63, 3.8) is 0 Å². The van der Waals surface area contributed by atoms with Crippen molar-refractivity contribution in [3.05, 3.63) is 42.0 Å². The van der Waals surface area contributed by atoms with Gasteiger partial charge in [0.05, 0.1) is 22.1 Å². The van der Waals surface area contributed by atoms with Gasteiger partial charge in [0.2, 0.25) is 11.9 Å². The summed E-state index contributed by atoms with van der Waals surface area (Å²) in [5, 5.41) is 3.16. The van der Waals surface area contributed by atoms with Crippen molar-refractivity contribution in [1.82, 2.24) is 19.5 Å². The van der Waals surface area contributed by atoms with E-state index in [1.807, 2.05) is 6.07 Å². The number of carbonyl (C=O) groups is 1. The average molecular weight is 459 g/mol. The third-order valence-corrected chi connectivity index (χ3v) is 5.57. The Bertz CT molecular complexity index is 1340. The maximum absolute atomic E-state index is 12.5. The first kappa shape index (κ1) is 21.3. The number of carbonyl (C=O) groups excluding carboxylic acids is 1. The van der Waals surface area contributed by atoms with Crippen LogP contribution in [0, 0.1) is 0 Å². The first-order valence-electron chi connectivity index (χ1n) is 10.4. The van der Waals surface area contributed by atoms with Gasteiger partial charge in [-0.25, -0.2) is 9.97 Å². The summed E-state index contributed by atoms with van der Waals surface area (Å²) in [7, 11) is 0. The maximum atomic E-state index is 12.5. The van der Waals surface area contributed by atoms with Crippen LogP contribution in [0.5, 0.6) is 5.75 Å². The molecular formula is C22H20F3N5O3. The summed E-state index contributed by atoms with van der Waals surface area (Å²) in [6.07, 6.45) is -3.18. The van der Waals surface area contributed by atoms with Crippen molar-refractivity contribution >= 4 is 39.7 Å². The second kappa shape index (κ2) is 8.07. The lowest BCUT2D eigenvalue weighted by atomic mass is 10.1. The molecule has 1 aliphatic rings. The molecule has 4 aromatic rings. The molecule has 0 spiro atoms. The number of nitrogens with one attached hydrogen (secondary N) is 2. The predicted octanol–water partition coefficient (Wildman–Crippen LogP) is 5.11. The number of H-pyrrole nitrogens is 1. The third kappa shape index (κ3) is 4.36. The Balaban J connectivity index is 1.53. The quantitative estimate of drug-likeness (QED) is 0.403. The summed E-state index contributed by atoms with van der Waals surface area (Å²) in [5.74, 6) is 0.450. The number of fused-ring (bicyclic) bond motifs is 2. The number of hydrogen-bond donors (Lipinski definition) is 2. The first-order chi connectivity index (χ1) is 15.8. The largest absolute Gasteiger partial charge is 0.573 e. The lowest BCUT2D eigenvalue weighted by molar-refractivity contribution is -0.274. The zero-order chi connectivity index (χ0) is 23.2. The van der Waals surface area contributed by atoms with Crippen LogP contribution in [0.3, 0.4) is 0 Å². The number of anilines is 2. The van der Waals surface area contributed by atoms with Crippen LogP contribution in [-0.2, 0) is 4.74 Å². The normalized spacial score (nSPS) is 15.3. The molecule has 1 aliphatic heterocycles. The monoisotopic (exact) mass is 459 g/mol. The summed E-state index contributed by atoms with van der Waals surface area (Å²) in [4.78, 5) is 23.9. The van der Waals surface area contributed by atoms with E-state index in [2.05, 4.69) is 29.6 Å². The molecule has 2 N–H and O–H groups in total. The molecule has 0 unspecified atom stereocenters. The number of aromatic amines is 1. The molecule has 8 nitrogen and oxygen atoms in total. The van der Waals surface area contributed by atoms with Crippen LogP contribution in [0.25, 0.3) is 22.1 Å². The van der Waals surface area contributed by atoms with Gasteiger partial charge in [-0.1, -0.05) is 0 Å². The number of alkyl halides is 3. The molecule has 0 aliphatic carbocycles. The number of Topliss-reactive ketones (excluding diaryl/α,β-unsaturated/α-hetero) is 1. The summed E-state index contributed by atoms with van der Waals surface area (Å²) >= 11 is 0. The van der Waals surface area contributed by atoms with Gasteiger partial charge in [-0.2, -0.15) is 0 Å². The molecule has 2 aromatic carbocycles. The Hall–Kier alpha value is -3.60. The van der Waals surface area contributed by atoms with Crippen LogP contribution in [0.2, 0.25) is 0 Å². The fraction of sp³-hybridized carbons (Fsp3) is 0.318. The van der Waals surface area contributed by atoms with Crippen molar-refractivity contribution in [3.8, 4) is 5.75 Å². The fourth-order valence-electron chi connectivity index (χ4n) is 4.07. The first-order valence-corrected chi connectivity index (χ1v) is 10.4. The molecule has 1 saturated heterocycles. The number of nitrogens with zero attached hydrogens (tertiary/aromatic N) is 3. The standard InChI is InChI=1S/C22H20F3N5O3/c1-12(31)13-2-5-19-18(10-13)28-21(30(19)14-6-8-32-9-7-14)29-20-26-16-4-3-15(11-17(16)27-20)33-22(23,24)25/h2-5,10-11,14H,6-9H2,1H3,(H2,26,27,28,29). The lowest BCUT2D eigenvalue weighted by Crippen LogP contribution is -2.20. The van der Waals surface area contributed by atoms with Gasteiger partial charge < -0.3 is 19.0 Å². The van der Waals surface area contributed by atoms with Crippen molar-refractivity contribution < 1.29 is 27.4 Å². The van der Waals surface area contributed by atoms with E-state index in [9.17, 15) is 18.0 Å². The van der Waals surface area contributed by atoms with Crippen molar-refractivity contribution in [1.29, 1.82) is 0 Å². The number of halogens is 3. The predicted molar refractivity (Wildman–Crippen MR) is 115 cm³/mol. The molecule has 172 valence electrons. The van der Waals surface area contributed by atoms with Gasteiger partial charge in [-0.15, -0.1) is 13.2 Å². The molecule has 33 heavy (non-hydrogen) atoms. The summed E-state index contributed by atoms with van der Waals surface area (Å²) < 4.78 is 49.1. The van der Waals surface area contributed by atoms with Crippen LogP contribution in [0.4, 0.5) is 25.1 Å². The number of ether oxygens (including phenoxy) is 2. The lowest BCUT2D eigenvalue weighted by Gasteiger charge is -2.25. The van der Waals surface area contributed by atoms with E-state index in [1.165, 1.54) is 25.1 Å². The fourth-order valence-corrected chi connectivity index (χ4v) is 4.07. The number of benzene rings is 2. The second-order valence-electron chi connectivity index (χ2n) is 7.85. The van der Waals surface area contributed by atoms with E-state index >= 15 is 0 Å². The molecule has 0 atom stereocenters. The van der Waals surface area contributed by atoms with Gasteiger partial charge in [0.25, 0.3) is 0 Å². The van der Waals surface area contributed by atoms with Crippen LogP contribution in [0.15, 0.2) is 36.4 Å². The highest BCUT2D eigenvalue weighted by molar-refractivity contribution is 5.97. The molecule has 2 aromatic heterocycles. The van der Waals surface area contributed by atoms with Gasteiger partial charge in [0.1, 0.15) is 5.75 Å². The zero-order valence-corrected chi connectivity index (χ0v) is 17.6. The van der Waals surface area contributed by atoms with E-state index < -0.39 is 6.36 Å².